The minimum absolute atomic E-state index is 0.564. The summed E-state index contributed by atoms with van der Waals surface area (Å²) in [6.07, 6.45) is 1.03. The van der Waals surface area contributed by atoms with Crippen molar-refractivity contribution in [2.24, 2.45) is 7.05 Å². The van der Waals surface area contributed by atoms with Gasteiger partial charge in [0.25, 0.3) is 0 Å². The van der Waals surface area contributed by atoms with Crippen molar-refractivity contribution >= 4 is 35.0 Å². The third kappa shape index (κ3) is 3.58. The van der Waals surface area contributed by atoms with Gasteiger partial charge in [-0.3, -0.25) is 4.68 Å². The second-order valence-electron chi connectivity index (χ2n) is 3.57. The molecule has 1 aromatic heterocycles. The van der Waals surface area contributed by atoms with Crippen molar-refractivity contribution in [2.45, 2.75) is 31.3 Å². The zero-order chi connectivity index (χ0) is 11.4. The van der Waals surface area contributed by atoms with E-state index in [0.29, 0.717) is 11.1 Å². The fraction of sp³-hybridized carbons (Fsp3) is 0.700. The van der Waals surface area contributed by atoms with Crippen molar-refractivity contribution in [3.63, 3.8) is 0 Å². The number of rotatable bonds is 5. The molecule has 0 aliphatic carbocycles. The van der Waals surface area contributed by atoms with Gasteiger partial charge in [0.05, 0.1) is 16.4 Å². The van der Waals surface area contributed by atoms with Gasteiger partial charge >= 0.3 is 0 Å². The molecule has 0 N–H and O–H groups in total. The molecule has 0 amide bonds. The number of alkyl halides is 1. The summed E-state index contributed by atoms with van der Waals surface area (Å²) in [5, 5.41) is 5.64. The number of aromatic nitrogens is 2. The monoisotopic (exact) mass is 266 g/mol. The molecule has 0 aromatic carbocycles. The number of thioether (sulfide) groups is 1. The molecule has 86 valence electrons. The fourth-order valence-electron chi connectivity index (χ4n) is 1.30. The van der Waals surface area contributed by atoms with Crippen LogP contribution in [0.1, 0.15) is 24.7 Å². The van der Waals surface area contributed by atoms with Crippen LogP contribution in [-0.2, 0) is 12.8 Å². The first-order valence-electron chi connectivity index (χ1n) is 4.91. The van der Waals surface area contributed by atoms with Crippen molar-refractivity contribution in [1.82, 2.24) is 9.78 Å². The van der Waals surface area contributed by atoms with E-state index in [9.17, 15) is 0 Å². The fourth-order valence-corrected chi connectivity index (χ4v) is 3.12. The van der Waals surface area contributed by atoms with Crippen LogP contribution in [0.5, 0.6) is 0 Å². The maximum Gasteiger partial charge on any atom is 0.0855 e. The molecule has 1 aromatic rings. The predicted octanol–water partition coefficient (Wildman–Crippen LogP) is 3.63. The molecule has 1 atom stereocenters. The van der Waals surface area contributed by atoms with Gasteiger partial charge in [0.1, 0.15) is 0 Å². The normalized spacial score (nSPS) is 13.1. The third-order valence-corrected chi connectivity index (χ3v) is 4.24. The van der Waals surface area contributed by atoms with Gasteiger partial charge in [-0.15, -0.1) is 11.6 Å². The average Bonchev–Trinajstić information content (AvgIpc) is 2.40. The van der Waals surface area contributed by atoms with Crippen molar-refractivity contribution < 1.29 is 0 Å². The van der Waals surface area contributed by atoms with Crippen molar-refractivity contribution in [3.8, 4) is 0 Å². The minimum atomic E-state index is 0.564. The molecule has 0 saturated heterocycles. The number of halogens is 2. The summed E-state index contributed by atoms with van der Waals surface area (Å²) < 4.78 is 1.86. The lowest BCUT2D eigenvalue weighted by molar-refractivity contribution is 0.727. The van der Waals surface area contributed by atoms with Crippen LogP contribution in [-0.4, -0.2) is 20.9 Å². The Kier molecular flexibility index (Phi) is 5.30. The van der Waals surface area contributed by atoms with Crippen LogP contribution in [0.15, 0.2) is 0 Å². The molecule has 5 heteroatoms. The predicted molar refractivity (Wildman–Crippen MR) is 69.0 cm³/mol. The summed E-state index contributed by atoms with van der Waals surface area (Å²) >= 11 is 13.7. The summed E-state index contributed by atoms with van der Waals surface area (Å²) in [5.41, 5.74) is 2.00. The molecule has 1 rings (SSSR count). The molecular weight excluding hydrogens is 251 g/mol. The Hall–Kier alpha value is 0.140. The lowest BCUT2D eigenvalue weighted by atomic mass is 10.4. The van der Waals surface area contributed by atoms with E-state index in [4.69, 9.17) is 23.2 Å². The van der Waals surface area contributed by atoms with Gasteiger partial charge < -0.3 is 0 Å². The summed E-state index contributed by atoms with van der Waals surface area (Å²) in [6, 6.07) is 0. The standard InChI is InChI=1S/C10H16Cl2N2S/c1-7(4-5-11)15-6-9-10(12)8(2)13-14(9)3/h7H,4-6H2,1-3H3. The van der Waals surface area contributed by atoms with Crippen molar-refractivity contribution in [2.75, 3.05) is 5.88 Å². The first-order chi connectivity index (χ1) is 7.06. The van der Waals surface area contributed by atoms with Crippen molar-refractivity contribution in [1.29, 1.82) is 0 Å². The second kappa shape index (κ2) is 6.02. The van der Waals surface area contributed by atoms with Crippen molar-refractivity contribution in [3.05, 3.63) is 16.4 Å². The van der Waals surface area contributed by atoms with Crippen LogP contribution in [0.25, 0.3) is 0 Å². The molecule has 2 nitrogen and oxygen atoms in total. The van der Waals surface area contributed by atoms with Gasteiger partial charge in [-0.1, -0.05) is 18.5 Å². The van der Waals surface area contributed by atoms with E-state index in [2.05, 4.69) is 12.0 Å². The van der Waals surface area contributed by atoms with E-state index < -0.39 is 0 Å². The molecule has 0 fully saturated rings. The Morgan fingerprint density at radius 2 is 2.20 bits per heavy atom. The van der Waals surface area contributed by atoms with Gasteiger partial charge in [-0.25, -0.2) is 0 Å². The smallest absolute Gasteiger partial charge is 0.0855 e. The molecule has 0 aliphatic heterocycles. The maximum atomic E-state index is 6.15. The molecule has 0 bridgehead atoms. The van der Waals surface area contributed by atoms with E-state index in [-0.39, 0.29) is 0 Å². The highest BCUT2D eigenvalue weighted by Crippen LogP contribution is 2.26. The molecule has 0 radical (unpaired) electrons. The highest BCUT2D eigenvalue weighted by Gasteiger charge is 2.12. The van der Waals surface area contributed by atoms with Crippen LogP contribution in [0.2, 0.25) is 5.02 Å². The Labute approximate surface area is 105 Å². The zero-order valence-corrected chi connectivity index (χ0v) is 11.6. The van der Waals surface area contributed by atoms with Crippen LogP contribution >= 0.6 is 35.0 Å². The van der Waals surface area contributed by atoms with Crippen LogP contribution in [0.4, 0.5) is 0 Å². The first-order valence-corrected chi connectivity index (χ1v) is 6.88. The zero-order valence-electron chi connectivity index (χ0n) is 9.26. The lowest BCUT2D eigenvalue weighted by Gasteiger charge is -2.09. The number of aryl methyl sites for hydroxylation is 2. The number of hydrogen-bond donors (Lipinski definition) is 0. The highest BCUT2D eigenvalue weighted by atomic mass is 35.5. The summed E-state index contributed by atoms with van der Waals surface area (Å²) in [7, 11) is 1.93. The van der Waals surface area contributed by atoms with Gasteiger partial charge in [-0.05, 0) is 13.3 Å². The Bertz CT molecular complexity index is 325. The average molecular weight is 267 g/mol. The van der Waals surface area contributed by atoms with E-state index in [0.717, 1.165) is 28.6 Å². The van der Waals surface area contributed by atoms with Crippen LogP contribution in [0, 0.1) is 6.92 Å². The molecule has 1 unspecified atom stereocenters. The van der Waals surface area contributed by atoms with E-state index >= 15 is 0 Å². The topological polar surface area (TPSA) is 17.8 Å². The maximum absolute atomic E-state index is 6.15. The SMILES string of the molecule is Cc1nn(C)c(CSC(C)CCCl)c1Cl. The molecule has 0 aliphatic rings. The van der Waals surface area contributed by atoms with Crippen LogP contribution < -0.4 is 0 Å². The highest BCUT2D eigenvalue weighted by molar-refractivity contribution is 7.99. The Morgan fingerprint density at radius 1 is 1.53 bits per heavy atom. The first kappa shape index (κ1) is 13.2. The molecule has 0 saturated carbocycles. The largest absolute Gasteiger partial charge is 0.270 e. The third-order valence-electron chi connectivity index (χ3n) is 2.28. The minimum Gasteiger partial charge on any atom is -0.270 e. The molecule has 0 spiro atoms. The number of nitrogens with zero attached hydrogens (tertiary/aromatic N) is 2. The second-order valence-corrected chi connectivity index (χ2v) is 5.75. The Morgan fingerprint density at radius 3 is 2.67 bits per heavy atom. The van der Waals surface area contributed by atoms with Gasteiger partial charge in [0, 0.05) is 23.9 Å². The lowest BCUT2D eigenvalue weighted by Crippen LogP contribution is -2.01. The summed E-state index contributed by atoms with van der Waals surface area (Å²) in [6.45, 7) is 4.11. The number of hydrogen-bond acceptors (Lipinski definition) is 2. The van der Waals surface area contributed by atoms with Gasteiger partial charge in [-0.2, -0.15) is 16.9 Å². The van der Waals surface area contributed by atoms with Gasteiger partial charge in [0.15, 0.2) is 0 Å². The summed E-state index contributed by atoms with van der Waals surface area (Å²) in [5.74, 6) is 1.61. The van der Waals surface area contributed by atoms with E-state index in [1.165, 1.54) is 0 Å². The summed E-state index contributed by atoms with van der Waals surface area (Å²) in [4.78, 5) is 0. The Balaban J connectivity index is 2.57. The quantitative estimate of drug-likeness (QED) is 0.758. The molecule has 15 heavy (non-hydrogen) atoms. The van der Waals surface area contributed by atoms with Gasteiger partial charge in [0.2, 0.25) is 0 Å². The van der Waals surface area contributed by atoms with Crippen LogP contribution in [0.3, 0.4) is 0 Å². The van der Waals surface area contributed by atoms with E-state index in [1.807, 2.05) is 30.4 Å². The van der Waals surface area contributed by atoms with E-state index in [1.54, 1.807) is 0 Å². The molecule has 1 heterocycles. The molecular formula is C10H16Cl2N2S.